The highest BCUT2D eigenvalue weighted by Crippen LogP contribution is 2.81. The molecule has 5 fully saturated rings. The molecule has 208 valence electrons. The van der Waals surface area contributed by atoms with Crippen molar-refractivity contribution in [2.45, 2.75) is 101 Å². The van der Waals surface area contributed by atoms with Crippen LogP contribution >= 0.6 is 0 Å². The molecule has 0 amide bonds. The molecule has 0 saturated heterocycles. The molecule has 38 heavy (non-hydrogen) atoms. The molecule has 4 heteroatoms. The second-order valence-electron chi connectivity index (χ2n) is 14.8. The maximum Gasteiger partial charge on any atom is 0.168 e. The van der Waals surface area contributed by atoms with E-state index in [1.807, 2.05) is 20.8 Å². The third-order valence-electron chi connectivity index (χ3n) is 11.4. The van der Waals surface area contributed by atoms with Crippen molar-refractivity contribution >= 4 is 23.1 Å². The summed E-state index contributed by atoms with van der Waals surface area (Å²) < 4.78 is 0. The Kier molecular flexibility index (Phi) is 6.62. The quantitative estimate of drug-likeness (QED) is 0.249. The van der Waals surface area contributed by atoms with Gasteiger partial charge in [0.2, 0.25) is 0 Å². The zero-order chi connectivity index (χ0) is 28.8. The highest BCUT2D eigenvalue weighted by atomic mass is 16.2. The first-order chi connectivity index (χ1) is 17.4. The van der Waals surface area contributed by atoms with Gasteiger partial charge in [0, 0.05) is 5.92 Å². The van der Waals surface area contributed by atoms with Crippen LogP contribution in [0.25, 0.3) is 0 Å². The van der Waals surface area contributed by atoms with Gasteiger partial charge in [-0.25, -0.2) is 0 Å². The molecular weight excluding hydrogens is 472 g/mol. The topological polar surface area (TPSA) is 68.3 Å². The minimum atomic E-state index is -1.77. The number of carbonyl (C=O) groups excluding carboxylic acids is 4. The number of hydrogen-bond acceptors (Lipinski definition) is 4. The number of hydrogen-bond donors (Lipinski definition) is 0. The van der Waals surface area contributed by atoms with Crippen LogP contribution in [0.15, 0.2) is 35.5 Å². The van der Waals surface area contributed by atoms with E-state index >= 15 is 0 Å². The lowest BCUT2D eigenvalue weighted by atomic mass is 9.26. The minimum absolute atomic E-state index is 0.0194. The van der Waals surface area contributed by atoms with E-state index in [0.717, 1.165) is 24.0 Å². The molecule has 0 aromatic heterocycles. The van der Waals surface area contributed by atoms with Crippen molar-refractivity contribution in [2.24, 2.45) is 50.7 Å². The summed E-state index contributed by atoms with van der Waals surface area (Å²) in [7, 11) is 0. The Bertz CT molecular complexity index is 1190. The van der Waals surface area contributed by atoms with Crippen LogP contribution in [0.4, 0.5) is 0 Å². The van der Waals surface area contributed by atoms with Gasteiger partial charge in [0.1, 0.15) is 0 Å². The zero-order valence-corrected chi connectivity index (χ0v) is 25.3. The van der Waals surface area contributed by atoms with Gasteiger partial charge in [0.15, 0.2) is 28.5 Å². The van der Waals surface area contributed by atoms with Gasteiger partial charge in [-0.05, 0) is 88.4 Å². The molecule has 5 rings (SSSR count). The maximum atomic E-state index is 14.9. The number of carbonyl (C=O) groups is 4. The molecule has 1 spiro atoms. The van der Waals surface area contributed by atoms with Crippen LogP contribution in [0.2, 0.25) is 0 Å². The molecule has 0 heterocycles. The molecule has 0 N–H and O–H groups in total. The van der Waals surface area contributed by atoms with Crippen molar-refractivity contribution in [3.05, 3.63) is 35.5 Å². The summed E-state index contributed by atoms with van der Waals surface area (Å²) in [6, 6.07) is 0. The Morgan fingerprint density at radius 2 is 1.55 bits per heavy atom. The highest BCUT2D eigenvalue weighted by molar-refractivity contribution is 6.41. The van der Waals surface area contributed by atoms with E-state index in [2.05, 4.69) is 53.3 Å². The van der Waals surface area contributed by atoms with Gasteiger partial charge in [-0.1, -0.05) is 77.0 Å². The Balaban J connectivity index is 1.95. The molecule has 4 bridgehead atoms. The largest absolute Gasteiger partial charge is 0.298 e. The molecule has 4 nitrogen and oxygen atoms in total. The van der Waals surface area contributed by atoms with Gasteiger partial charge in [0.25, 0.3) is 0 Å². The summed E-state index contributed by atoms with van der Waals surface area (Å²) in [5.74, 6) is -2.08. The highest BCUT2D eigenvalue weighted by Gasteiger charge is 2.89. The van der Waals surface area contributed by atoms with Gasteiger partial charge in [0.05, 0.1) is 10.8 Å². The van der Waals surface area contributed by atoms with E-state index in [1.165, 1.54) is 5.57 Å². The smallest absolute Gasteiger partial charge is 0.168 e. The van der Waals surface area contributed by atoms with Crippen molar-refractivity contribution in [1.82, 2.24) is 0 Å². The molecule has 0 aliphatic heterocycles. The number of ketones is 4. The summed E-state index contributed by atoms with van der Waals surface area (Å²) in [6.45, 7) is 24.3. The fraction of sp³-hybridized carbons (Fsp3) is 0.706. The summed E-state index contributed by atoms with van der Waals surface area (Å²) in [6.07, 6.45) is 7.08. The molecule has 5 aliphatic carbocycles. The van der Waals surface area contributed by atoms with E-state index in [4.69, 9.17) is 0 Å². The number of rotatable bonds is 8. The SMILES string of the molecule is C=C(C)[C@H]1C[C@@]23C(=O)[C@@]4(C/C=C(\C)CCC=C(C)C)C[C@@H]([C@@H]2C1(C)C)C(C)(C)[C@](C(=O)C(C)C)(C4=O)C3=O. The Hall–Kier alpha value is -2.10. The third-order valence-corrected chi connectivity index (χ3v) is 11.4. The van der Waals surface area contributed by atoms with E-state index in [9.17, 15) is 19.2 Å². The molecule has 0 unspecified atom stereocenters. The standard InChI is InChI=1S/C34H48O4/c1-19(2)13-12-14-22(7)15-16-32-17-24-25-30(8,9)23(20(3)4)18-33(25,27(32)36)29(38)34(28(32)37,31(24,10)11)26(35)21(5)6/h13,15,21,23-25H,3,12,14,16-18H2,1-2,4-11H3/b22-15+/t23-,24+,25-,32-,33+,34-/m1/s1. The van der Waals surface area contributed by atoms with Crippen LogP contribution in [0.5, 0.6) is 0 Å². The fourth-order valence-corrected chi connectivity index (χ4v) is 9.63. The maximum absolute atomic E-state index is 14.9. The molecule has 0 aromatic rings. The van der Waals surface area contributed by atoms with Gasteiger partial charge >= 0.3 is 0 Å². The second-order valence-corrected chi connectivity index (χ2v) is 14.8. The molecule has 5 aliphatic rings. The first-order valence-electron chi connectivity index (χ1n) is 14.5. The Labute approximate surface area is 229 Å². The average molecular weight is 521 g/mol. The Morgan fingerprint density at radius 1 is 0.947 bits per heavy atom. The van der Waals surface area contributed by atoms with Crippen LogP contribution < -0.4 is 0 Å². The van der Waals surface area contributed by atoms with Gasteiger partial charge in [-0.2, -0.15) is 0 Å². The number of allylic oxidation sites excluding steroid dienone is 5. The number of Topliss-reactive ketones (excluding diaryl/α,β-unsaturated/α-hetero) is 4. The van der Waals surface area contributed by atoms with Crippen LogP contribution in [-0.2, 0) is 19.2 Å². The Morgan fingerprint density at radius 3 is 2.08 bits per heavy atom. The van der Waals surface area contributed by atoms with E-state index in [0.29, 0.717) is 12.8 Å². The van der Waals surface area contributed by atoms with Crippen molar-refractivity contribution in [3.63, 3.8) is 0 Å². The lowest BCUT2D eigenvalue weighted by molar-refractivity contribution is -0.222. The molecular formula is C34H48O4. The van der Waals surface area contributed by atoms with E-state index in [-0.39, 0.29) is 46.9 Å². The van der Waals surface area contributed by atoms with Crippen LogP contribution in [-0.4, -0.2) is 23.1 Å². The van der Waals surface area contributed by atoms with Gasteiger partial charge in [-0.15, -0.1) is 0 Å². The summed E-state index contributed by atoms with van der Waals surface area (Å²) in [5.41, 5.74) is -2.20. The van der Waals surface area contributed by atoms with Crippen molar-refractivity contribution < 1.29 is 19.2 Å². The van der Waals surface area contributed by atoms with Crippen molar-refractivity contribution in [1.29, 1.82) is 0 Å². The first kappa shape index (κ1) is 28.9. The minimum Gasteiger partial charge on any atom is -0.298 e. The van der Waals surface area contributed by atoms with Gasteiger partial charge < -0.3 is 0 Å². The predicted molar refractivity (Wildman–Crippen MR) is 151 cm³/mol. The normalized spacial score (nSPS) is 38.6. The summed E-state index contributed by atoms with van der Waals surface area (Å²) in [4.78, 5) is 58.7. The zero-order valence-electron chi connectivity index (χ0n) is 25.3. The summed E-state index contributed by atoms with van der Waals surface area (Å²) in [5, 5.41) is 0. The van der Waals surface area contributed by atoms with Crippen LogP contribution in [0.1, 0.15) is 101 Å². The second kappa shape index (κ2) is 8.70. The lowest BCUT2D eigenvalue weighted by Crippen LogP contribution is -2.83. The molecule has 5 saturated carbocycles. The fourth-order valence-electron chi connectivity index (χ4n) is 9.63. The van der Waals surface area contributed by atoms with Gasteiger partial charge in [-0.3, -0.25) is 19.2 Å². The summed E-state index contributed by atoms with van der Waals surface area (Å²) >= 11 is 0. The average Bonchev–Trinajstić information content (AvgIpc) is 3.06. The monoisotopic (exact) mass is 520 g/mol. The molecule has 0 aromatic carbocycles. The third kappa shape index (κ3) is 3.21. The molecule has 6 atom stereocenters. The van der Waals surface area contributed by atoms with Crippen LogP contribution in [0.3, 0.4) is 0 Å². The van der Waals surface area contributed by atoms with Crippen LogP contribution in [0, 0.1) is 50.7 Å². The van der Waals surface area contributed by atoms with E-state index < -0.39 is 33.4 Å². The predicted octanol–water partition coefficient (Wildman–Crippen LogP) is 7.27. The molecule has 0 radical (unpaired) electrons. The lowest BCUT2D eigenvalue weighted by Gasteiger charge is -2.71. The van der Waals surface area contributed by atoms with Crippen molar-refractivity contribution in [2.75, 3.05) is 0 Å². The van der Waals surface area contributed by atoms with E-state index in [1.54, 1.807) is 13.8 Å². The van der Waals surface area contributed by atoms with Crippen molar-refractivity contribution in [3.8, 4) is 0 Å². The first-order valence-corrected chi connectivity index (χ1v) is 14.5.